The van der Waals surface area contributed by atoms with Crippen molar-refractivity contribution in [3.63, 3.8) is 0 Å². The van der Waals surface area contributed by atoms with Gasteiger partial charge < -0.3 is 20.8 Å². The van der Waals surface area contributed by atoms with E-state index in [9.17, 15) is 18.6 Å². The topological polar surface area (TPSA) is 150 Å². The molecule has 0 spiro atoms. The van der Waals surface area contributed by atoms with Crippen LogP contribution in [0.3, 0.4) is 0 Å². The lowest BCUT2D eigenvalue weighted by atomic mass is 9.80. The van der Waals surface area contributed by atoms with E-state index in [1.807, 2.05) is 12.3 Å². The summed E-state index contributed by atoms with van der Waals surface area (Å²) in [5.74, 6) is 1.30. The first kappa shape index (κ1) is 25.8. The molecule has 12 heteroatoms. The van der Waals surface area contributed by atoms with Crippen LogP contribution in [-0.2, 0) is 9.84 Å². The van der Waals surface area contributed by atoms with Crippen LogP contribution < -0.4 is 10.6 Å². The molecule has 3 aromatic heterocycles. The van der Waals surface area contributed by atoms with Gasteiger partial charge >= 0.3 is 0 Å². The van der Waals surface area contributed by atoms with Gasteiger partial charge in [-0.15, -0.1) is 11.3 Å². The molecule has 0 unspecified atom stereocenters. The molecule has 3 heterocycles. The first-order valence-corrected chi connectivity index (χ1v) is 16.2. The largest absolute Gasteiger partial charge is 0.390 e. The van der Waals surface area contributed by atoms with E-state index < -0.39 is 34.0 Å². The fourth-order valence-electron chi connectivity index (χ4n) is 5.62. The highest BCUT2D eigenvalue weighted by Crippen LogP contribution is 2.44. The molecule has 3 aliphatic carbocycles. The SMILES string of the molecule is C[C@@H](Nc1ncc(-c2nc3c(C4CC4)nccc3s2)c(N[C@@H]2C[C@H](CS(C)(=O)=O)[C@@H](O)[C@H]2O)n1)C1CCC1. The number of aromatic nitrogens is 4. The summed E-state index contributed by atoms with van der Waals surface area (Å²) >= 11 is 1.55. The molecule has 0 saturated heterocycles. The molecule has 0 aliphatic heterocycles. The number of anilines is 2. The quantitative estimate of drug-likeness (QED) is 0.308. The molecular formula is C26H34N6O4S2. The van der Waals surface area contributed by atoms with Gasteiger partial charge in [-0.2, -0.15) is 4.98 Å². The number of pyridine rings is 1. The molecule has 204 valence electrons. The number of sulfone groups is 1. The Bertz CT molecular complexity index is 1440. The number of hydrogen-bond acceptors (Lipinski definition) is 11. The maximum atomic E-state index is 11.9. The van der Waals surface area contributed by atoms with Crippen molar-refractivity contribution in [1.82, 2.24) is 19.9 Å². The molecule has 10 nitrogen and oxygen atoms in total. The average Bonchev–Trinajstić information content (AvgIpc) is 3.52. The molecular weight excluding hydrogens is 524 g/mol. The second-order valence-electron chi connectivity index (χ2n) is 11.2. The number of nitrogens with one attached hydrogen (secondary N) is 2. The Balaban J connectivity index is 1.33. The lowest BCUT2D eigenvalue weighted by Gasteiger charge is -2.32. The predicted molar refractivity (Wildman–Crippen MR) is 148 cm³/mol. The van der Waals surface area contributed by atoms with Crippen molar-refractivity contribution in [1.29, 1.82) is 0 Å². The Labute approximate surface area is 226 Å². The van der Waals surface area contributed by atoms with Crippen molar-refractivity contribution in [2.75, 3.05) is 22.6 Å². The van der Waals surface area contributed by atoms with E-state index in [4.69, 9.17) is 9.97 Å². The van der Waals surface area contributed by atoms with E-state index in [0.717, 1.165) is 40.0 Å². The van der Waals surface area contributed by atoms with Crippen molar-refractivity contribution in [2.24, 2.45) is 11.8 Å². The van der Waals surface area contributed by atoms with E-state index in [1.54, 1.807) is 17.5 Å². The minimum Gasteiger partial charge on any atom is -0.390 e. The van der Waals surface area contributed by atoms with E-state index in [0.29, 0.717) is 35.6 Å². The first-order chi connectivity index (χ1) is 18.2. The second kappa shape index (κ2) is 9.96. The van der Waals surface area contributed by atoms with E-state index in [2.05, 4.69) is 27.5 Å². The van der Waals surface area contributed by atoms with Gasteiger partial charge in [-0.05, 0) is 51.0 Å². The number of nitrogens with zero attached hydrogens (tertiary/aromatic N) is 4. The standard InChI is InChI=1S/C26H34N6O4S2/c1-13(14-4-3-5-14)29-26-28-11-17(25-31-21-19(37-25)8-9-27-20(21)15-6-7-15)24(32-26)30-18-10-16(12-38(2,35)36)22(33)23(18)34/h8-9,11,13-16,18,22-23,33-34H,3-7,10,12H2,1-2H3,(H2,28,29,30,32)/t13-,16-,18-,22-,23+/m1/s1. The van der Waals surface area contributed by atoms with Gasteiger partial charge in [0.25, 0.3) is 0 Å². The monoisotopic (exact) mass is 558 g/mol. The Morgan fingerprint density at radius 1 is 1.13 bits per heavy atom. The highest BCUT2D eigenvalue weighted by Gasteiger charge is 2.43. The molecule has 0 bridgehead atoms. The molecule has 5 atom stereocenters. The zero-order chi connectivity index (χ0) is 26.6. The Kier molecular flexibility index (Phi) is 6.78. The Hall–Kier alpha value is -2.41. The summed E-state index contributed by atoms with van der Waals surface area (Å²) in [5.41, 5.74) is 2.64. The van der Waals surface area contributed by atoms with Crippen LogP contribution in [0.1, 0.15) is 57.1 Å². The summed E-state index contributed by atoms with van der Waals surface area (Å²) in [4.78, 5) is 18.9. The van der Waals surface area contributed by atoms with Gasteiger partial charge in [0.1, 0.15) is 32.3 Å². The minimum absolute atomic E-state index is 0.180. The van der Waals surface area contributed by atoms with Crippen LogP contribution in [0.25, 0.3) is 20.8 Å². The number of aliphatic hydroxyl groups excluding tert-OH is 2. The zero-order valence-corrected chi connectivity index (χ0v) is 23.2. The third kappa shape index (κ3) is 5.23. The van der Waals surface area contributed by atoms with Crippen molar-refractivity contribution >= 4 is 43.2 Å². The molecule has 3 aliphatic rings. The molecule has 4 N–H and O–H groups in total. The Morgan fingerprint density at radius 2 is 1.92 bits per heavy atom. The van der Waals surface area contributed by atoms with Gasteiger partial charge in [-0.1, -0.05) is 6.42 Å². The van der Waals surface area contributed by atoms with Gasteiger partial charge in [0, 0.05) is 36.5 Å². The summed E-state index contributed by atoms with van der Waals surface area (Å²) in [6.07, 6.45) is 8.64. The van der Waals surface area contributed by atoms with Crippen LogP contribution in [-0.4, -0.2) is 74.9 Å². The van der Waals surface area contributed by atoms with Gasteiger partial charge in [0.15, 0.2) is 0 Å². The summed E-state index contributed by atoms with van der Waals surface area (Å²) in [5, 5.41) is 28.9. The molecule has 3 saturated carbocycles. The average molecular weight is 559 g/mol. The van der Waals surface area contributed by atoms with Gasteiger partial charge in [-0.25, -0.2) is 18.4 Å². The minimum atomic E-state index is -3.31. The fraction of sp³-hybridized carbons (Fsp3) is 0.615. The predicted octanol–water partition coefficient (Wildman–Crippen LogP) is 3.19. The molecule has 3 aromatic rings. The maximum Gasteiger partial charge on any atom is 0.224 e. The molecule has 38 heavy (non-hydrogen) atoms. The fourth-order valence-corrected chi connectivity index (χ4v) is 7.71. The van der Waals surface area contributed by atoms with Crippen molar-refractivity contribution < 1.29 is 18.6 Å². The van der Waals surface area contributed by atoms with Crippen LogP contribution in [0.4, 0.5) is 11.8 Å². The van der Waals surface area contributed by atoms with E-state index in [-0.39, 0.29) is 11.8 Å². The van der Waals surface area contributed by atoms with Crippen LogP contribution in [0.15, 0.2) is 18.5 Å². The van der Waals surface area contributed by atoms with Gasteiger partial charge in [-0.3, -0.25) is 4.98 Å². The number of thiazole rings is 1. The summed E-state index contributed by atoms with van der Waals surface area (Å²) in [6.45, 7) is 2.14. The van der Waals surface area contributed by atoms with Crippen LogP contribution in [0.2, 0.25) is 0 Å². The maximum absolute atomic E-state index is 11.9. The third-order valence-electron chi connectivity index (χ3n) is 8.17. The smallest absolute Gasteiger partial charge is 0.224 e. The van der Waals surface area contributed by atoms with Crippen LogP contribution in [0.5, 0.6) is 0 Å². The lowest BCUT2D eigenvalue weighted by Crippen LogP contribution is -2.36. The normalized spacial score (nSPS) is 26.8. The summed E-state index contributed by atoms with van der Waals surface area (Å²) < 4.78 is 24.8. The van der Waals surface area contributed by atoms with Crippen molar-refractivity contribution in [3.05, 3.63) is 24.2 Å². The van der Waals surface area contributed by atoms with Crippen LogP contribution in [0, 0.1) is 11.8 Å². The highest BCUT2D eigenvalue weighted by molar-refractivity contribution is 7.90. The first-order valence-electron chi connectivity index (χ1n) is 13.4. The lowest BCUT2D eigenvalue weighted by molar-refractivity contribution is 0.0216. The Morgan fingerprint density at radius 3 is 2.61 bits per heavy atom. The van der Waals surface area contributed by atoms with Gasteiger partial charge in [0.2, 0.25) is 5.95 Å². The van der Waals surface area contributed by atoms with Crippen molar-refractivity contribution in [3.8, 4) is 10.6 Å². The molecule has 3 fully saturated rings. The number of fused-ring (bicyclic) bond motifs is 1. The van der Waals surface area contributed by atoms with E-state index >= 15 is 0 Å². The van der Waals surface area contributed by atoms with E-state index in [1.165, 1.54) is 19.3 Å². The number of rotatable bonds is 9. The third-order valence-corrected chi connectivity index (χ3v) is 10.3. The van der Waals surface area contributed by atoms with Gasteiger partial charge in [0.05, 0.1) is 33.9 Å². The summed E-state index contributed by atoms with van der Waals surface area (Å²) in [7, 11) is -3.31. The van der Waals surface area contributed by atoms with Crippen LogP contribution >= 0.6 is 11.3 Å². The summed E-state index contributed by atoms with van der Waals surface area (Å²) in [6, 6.07) is 1.63. The number of aliphatic hydroxyl groups is 2. The highest BCUT2D eigenvalue weighted by atomic mass is 32.2. The van der Waals surface area contributed by atoms with Crippen molar-refractivity contribution in [2.45, 2.75) is 75.7 Å². The zero-order valence-electron chi connectivity index (χ0n) is 21.5. The molecule has 6 rings (SSSR count). The molecule has 0 aromatic carbocycles. The second-order valence-corrected chi connectivity index (χ2v) is 14.5. The number of hydrogen-bond donors (Lipinski definition) is 4. The molecule has 0 amide bonds. The molecule has 0 radical (unpaired) electrons.